The summed E-state index contributed by atoms with van der Waals surface area (Å²) in [5.74, 6) is 0.387. The van der Waals surface area contributed by atoms with Gasteiger partial charge in [0.15, 0.2) is 6.10 Å². The van der Waals surface area contributed by atoms with Gasteiger partial charge in [-0.2, -0.15) is 0 Å². The Hall–Kier alpha value is -3.31. The van der Waals surface area contributed by atoms with E-state index in [9.17, 15) is 9.59 Å². The molecule has 158 valence electrons. The van der Waals surface area contributed by atoms with Gasteiger partial charge >= 0.3 is 0 Å². The molecule has 1 aliphatic heterocycles. The summed E-state index contributed by atoms with van der Waals surface area (Å²) in [7, 11) is 0. The first kappa shape index (κ1) is 20.9. The molecule has 1 aliphatic rings. The zero-order valence-electron chi connectivity index (χ0n) is 17.2. The normalized spacial score (nSPS) is 15.2. The predicted octanol–water partition coefficient (Wildman–Crippen LogP) is 5.23. The van der Waals surface area contributed by atoms with E-state index in [1.54, 1.807) is 36.1 Å². The standard InChI is InChI=1S/C25H23ClN2O3/c1-17-25(30)28(16-19-8-5-9-20(26)14-19)22-15-21(11-12-23(22)31-17)27-24(29)13-10-18-6-3-2-4-7-18/h2-9,11-12,14-15,17H,10,13,16H2,1H3,(H,27,29). The number of aryl methyl sites for hydroxylation is 1. The summed E-state index contributed by atoms with van der Waals surface area (Å²) in [5.41, 5.74) is 3.28. The van der Waals surface area contributed by atoms with Crippen molar-refractivity contribution in [3.05, 3.63) is 88.9 Å². The van der Waals surface area contributed by atoms with E-state index in [2.05, 4.69) is 5.32 Å². The fourth-order valence-corrected chi connectivity index (χ4v) is 3.80. The number of nitrogens with one attached hydrogen (secondary N) is 1. The second-order valence-electron chi connectivity index (χ2n) is 7.53. The lowest BCUT2D eigenvalue weighted by molar-refractivity contribution is -0.125. The number of fused-ring (bicyclic) bond motifs is 1. The zero-order valence-corrected chi connectivity index (χ0v) is 17.9. The molecule has 3 aromatic rings. The van der Waals surface area contributed by atoms with E-state index in [1.165, 1.54) is 0 Å². The number of nitrogens with zero attached hydrogens (tertiary/aromatic N) is 1. The molecular formula is C25H23ClN2O3. The number of halogens is 1. The van der Waals surface area contributed by atoms with Crippen LogP contribution in [0.3, 0.4) is 0 Å². The SMILES string of the molecule is CC1Oc2ccc(NC(=O)CCc3ccccc3)cc2N(Cc2cccc(Cl)c2)C1=O. The Labute approximate surface area is 186 Å². The molecule has 5 nitrogen and oxygen atoms in total. The molecule has 6 heteroatoms. The van der Waals surface area contributed by atoms with Crippen molar-refractivity contribution in [3.63, 3.8) is 0 Å². The zero-order chi connectivity index (χ0) is 21.8. The number of amides is 2. The number of benzene rings is 3. The molecule has 0 aromatic heterocycles. The van der Waals surface area contributed by atoms with Crippen molar-refractivity contribution in [2.75, 3.05) is 10.2 Å². The van der Waals surface area contributed by atoms with Crippen LogP contribution in [0.1, 0.15) is 24.5 Å². The molecule has 1 atom stereocenters. The Morgan fingerprint density at radius 1 is 1.03 bits per heavy atom. The van der Waals surface area contributed by atoms with Crippen LogP contribution in [0.15, 0.2) is 72.8 Å². The fourth-order valence-electron chi connectivity index (χ4n) is 3.59. The molecule has 0 aliphatic carbocycles. The summed E-state index contributed by atoms with van der Waals surface area (Å²) in [5, 5.41) is 3.54. The highest BCUT2D eigenvalue weighted by atomic mass is 35.5. The third kappa shape index (κ3) is 5.06. The van der Waals surface area contributed by atoms with Crippen LogP contribution in [0.2, 0.25) is 5.02 Å². The minimum atomic E-state index is -0.585. The summed E-state index contributed by atoms with van der Waals surface area (Å²) in [6.45, 7) is 2.10. The molecule has 31 heavy (non-hydrogen) atoms. The van der Waals surface area contributed by atoms with Crippen molar-refractivity contribution in [3.8, 4) is 5.75 Å². The monoisotopic (exact) mass is 434 g/mol. The highest BCUT2D eigenvalue weighted by Crippen LogP contribution is 2.37. The van der Waals surface area contributed by atoms with Gasteiger partial charge in [-0.25, -0.2) is 0 Å². The lowest BCUT2D eigenvalue weighted by atomic mass is 10.1. The van der Waals surface area contributed by atoms with Gasteiger partial charge in [-0.15, -0.1) is 0 Å². The Balaban J connectivity index is 1.51. The van der Waals surface area contributed by atoms with Gasteiger partial charge in [0.1, 0.15) is 5.75 Å². The van der Waals surface area contributed by atoms with E-state index >= 15 is 0 Å². The molecule has 0 saturated heterocycles. The van der Waals surface area contributed by atoms with Crippen molar-refractivity contribution < 1.29 is 14.3 Å². The number of hydrogen-bond acceptors (Lipinski definition) is 3. The lowest BCUT2D eigenvalue weighted by Gasteiger charge is -2.33. The number of anilines is 2. The number of carbonyl (C=O) groups is 2. The maximum Gasteiger partial charge on any atom is 0.268 e. The van der Waals surface area contributed by atoms with E-state index in [-0.39, 0.29) is 11.8 Å². The number of ether oxygens (including phenoxy) is 1. The fraction of sp³-hybridized carbons (Fsp3) is 0.200. The summed E-state index contributed by atoms with van der Waals surface area (Å²) >= 11 is 6.11. The molecule has 0 bridgehead atoms. The lowest BCUT2D eigenvalue weighted by Crippen LogP contribution is -2.44. The van der Waals surface area contributed by atoms with E-state index in [4.69, 9.17) is 16.3 Å². The highest BCUT2D eigenvalue weighted by Gasteiger charge is 2.31. The first-order chi connectivity index (χ1) is 15.0. The highest BCUT2D eigenvalue weighted by molar-refractivity contribution is 6.30. The molecular weight excluding hydrogens is 412 g/mol. The number of carbonyl (C=O) groups excluding carboxylic acids is 2. The minimum Gasteiger partial charge on any atom is -0.479 e. The van der Waals surface area contributed by atoms with Gasteiger partial charge < -0.3 is 15.0 Å². The molecule has 0 spiro atoms. The maximum absolute atomic E-state index is 12.9. The molecule has 4 rings (SSSR count). The molecule has 0 radical (unpaired) electrons. The van der Waals surface area contributed by atoms with Gasteiger partial charge in [-0.05, 0) is 54.8 Å². The first-order valence-electron chi connectivity index (χ1n) is 10.2. The van der Waals surface area contributed by atoms with Crippen LogP contribution in [0.25, 0.3) is 0 Å². The summed E-state index contributed by atoms with van der Waals surface area (Å²) in [6, 6.07) is 22.7. The van der Waals surface area contributed by atoms with Crippen molar-refractivity contribution in [1.29, 1.82) is 0 Å². The minimum absolute atomic E-state index is 0.0818. The summed E-state index contributed by atoms with van der Waals surface area (Å²) in [6.07, 6.45) is 0.454. The second-order valence-corrected chi connectivity index (χ2v) is 7.97. The van der Waals surface area contributed by atoms with Gasteiger partial charge in [-0.3, -0.25) is 9.59 Å². The van der Waals surface area contributed by atoms with E-state index in [1.807, 2.05) is 48.5 Å². The van der Waals surface area contributed by atoms with E-state index in [0.29, 0.717) is 41.5 Å². The third-order valence-electron chi connectivity index (χ3n) is 5.16. The van der Waals surface area contributed by atoms with Crippen molar-refractivity contribution >= 4 is 34.8 Å². The third-order valence-corrected chi connectivity index (χ3v) is 5.40. The van der Waals surface area contributed by atoms with Crippen LogP contribution < -0.4 is 15.0 Å². The number of rotatable bonds is 6. The van der Waals surface area contributed by atoms with Crippen molar-refractivity contribution in [2.24, 2.45) is 0 Å². The van der Waals surface area contributed by atoms with Crippen molar-refractivity contribution in [2.45, 2.75) is 32.4 Å². The van der Waals surface area contributed by atoms with Gasteiger partial charge in [0.2, 0.25) is 5.91 Å². The molecule has 2 amide bonds. The Morgan fingerprint density at radius 3 is 2.58 bits per heavy atom. The quantitative estimate of drug-likeness (QED) is 0.578. The van der Waals surface area contributed by atoms with Crippen LogP contribution in [0.5, 0.6) is 5.75 Å². The van der Waals surface area contributed by atoms with E-state index < -0.39 is 6.10 Å². The van der Waals surface area contributed by atoms with Gasteiger partial charge in [-0.1, -0.05) is 54.1 Å². The Kier molecular flexibility index (Phi) is 6.23. The first-order valence-corrected chi connectivity index (χ1v) is 10.6. The summed E-state index contributed by atoms with van der Waals surface area (Å²) in [4.78, 5) is 27.0. The molecule has 3 aromatic carbocycles. The topological polar surface area (TPSA) is 58.6 Å². The van der Waals surface area contributed by atoms with Crippen LogP contribution >= 0.6 is 11.6 Å². The van der Waals surface area contributed by atoms with Crippen LogP contribution in [-0.4, -0.2) is 17.9 Å². The number of hydrogen-bond donors (Lipinski definition) is 1. The smallest absolute Gasteiger partial charge is 0.268 e. The Morgan fingerprint density at radius 2 is 1.81 bits per heavy atom. The average molecular weight is 435 g/mol. The van der Waals surface area contributed by atoms with Crippen LogP contribution in [0.4, 0.5) is 11.4 Å². The van der Waals surface area contributed by atoms with Crippen LogP contribution in [-0.2, 0) is 22.6 Å². The summed E-state index contributed by atoms with van der Waals surface area (Å²) < 4.78 is 5.77. The van der Waals surface area contributed by atoms with E-state index in [0.717, 1.165) is 11.1 Å². The second kappa shape index (κ2) is 9.23. The van der Waals surface area contributed by atoms with Gasteiger partial charge in [0.25, 0.3) is 5.91 Å². The Bertz CT molecular complexity index is 1100. The van der Waals surface area contributed by atoms with Crippen LogP contribution in [0, 0.1) is 0 Å². The van der Waals surface area contributed by atoms with Gasteiger partial charge in [0.05, 0.1) is 12.2 Å². The molecule has 1 N–H and O–H groups in total. The average Bonchev–Trinajstić information content (AvgIpc) is 2.77. The van der Waals surface area contributed by atoms with Crippen molar-refractivity contribution in [1.82, 2.24) is 0 Å². The largest absolute Gasteiger partial charge is 0.479 e. The van der Waals surface area contributed by atoms with Gasteiger partial charge in [0, 0.05) is 17.1 Å². The maximum atomic E-state index is 12.9. The predicted molar refractivity (Wildman–Crippen MR) is 123 cm³/mol. The molecule has 0 fully saturated rings. The molecule has 0 saturated carbocycles. The molecule has 1 unspecified atom stereocenters. The molecule has 1 heterocycles.